The Hall–Kier alpha value is -1.78. The molecule has 0 radical (unpaired) electrons. The van der Waals surface area contributed by atoms with Crippen molar-refractivity contribution in [1.82, 2.24) is 5.43 Å². The lowest BCUT2D eigenvalue weighted by molar-refractivity contribution is 0.454. The first-order valence-corrected chi connectivity index (χ1v) is 6.16. The fraction of sp³-hybridized carbons (Fsp3) is 0.200. The summed E-state index contributed by atoms with van der Waals surface area (Å²) >= 11 is 0. The third kappa shape index (κ3) is 3.36. The summed E-state index contributed by atoms with van der Waals surface area (Å²) < 4.78 is 27.4. The lowest BCUT2D eigenvalue weighted by Crippen LogP contribution is -2.30. The van der Waals surface area contributed by atoms with Crippen LogP contribution in [0.1, 0.15) is 23.6 Å². The van der Waals surface area contributed by atoms with E-state index in [1.54, 1.807) is 0 Å². The smallest absolute Gasteiger partial charge is 0.130 e. The molecule has 4 heteroatoms. The molecule has 0 amide bonds. The van der Waals surface area contributed by atoms with Crippen LogP contribution in [0.2, 0.25) is 0 Å². The molecule has 2 aromatic rings. The predicted molar refractivity (Wildman–Crippen MR) is 71.2 cm³/mol. The summed E-state index contributed by atoms with van der Waals surface area (Å²) in [5, 5.41) is 0. The largest absolute Gasteiger partial charge is 0.271 e. The number of benzene rings is 2. The topological polar surface area (TPSA) is 38.0 Å². The highest BCUT2D eigenvalue weighted by molar-refractivity contribution is 5.24. The summed E-state index contributed by atoms with van der Waals surface area (Å²) in [5.74, 6) is 4.28. The van der Waals surface area contributed by atoms with Crippen LogP contribution in [0.5, 0.6) is 0 Å². The van der Waals surface area contributed by atoms with Crippen LogP contribution in [-0.4, -0.2) is 0 Å². The van der Waals surface area contributed by atoms with Crippen LogP contribution in [0, 0.1) is 11.6 Å². The zero-order valence-corrected chi connectivity index (χ0v) is 10.4. The Labute approximate surface area is 111 Å². The number of hydrogen-bond acceptors (Lipinski definition) is 2. The van der Waals surface area contributed by atoms with Gasteiger partial charge in [-0.15, -0.1) is 0 Å². The van der Waals surface area contributed by atoms with Crippen LogP contribution in [0.25, 0.3) is 0 Å². The van der Waals surface area contributed by atoms with Gasteiger partial charge in [-0.25, -0.2) is 8.78 Å². The van der Waals surface area contributed by atoms with Crippen LogP contribution >= 0.6 is 0 Å². The van der Waals surface area contributed by atoms with E-state index in [1.807, 2.05) is 30.3 Å². The molecule has 2 nitrogen and oxygen atoms in total. The molecule has 2 rings (SSSR count). The summed E-state index contributed by atoms with van der Waals surface area (Å²) in [6.45, 7) is 0. The van der Waals surface area contributed by atoms with Gasteiger partial charge < -0.3 is 0 Å². The van der Waals surface area contributed by atoms with E-state index >= 15 is 0 Å². The molecule has 0 aliphatic carbocycles. The molecule has 100 valence electrons. The molecule has 1 unspecified atom stereocenters. The second-order valence-electron chi connectivity index (χ2n) is 4.38. The van der Waals surface area contributed by atoms with Gasteiger partial charge in [0.05, 0.1) is 6.04 Å². The molecule has 0 aliphatic heterocycles. The van der Waals surface area contributed by atoms with Crippen molar-refractivity contribution >= 4 is 0 Å². The first kappa shape index (κ1) is 13.6. The van der Waals surface area contributed by atoms with Gasteiger partial charge in [0.25, 0.3) is 0 Å². The average Bonchev–Trinajstić information content (AvgIpc) is 2.43. The summed E-state index contributed by atoms with van der Waals surface area (Å²) in [7, 11) is 0. The number of hydrazine groups is 1. The zero-order valence-electron chi connectivity index (χ0n) is 10.4. The molecule has 2 aromatic carbocycles. The van der Waals surface area contributed by atoms with Crippen molar-refractivity contribution in [3.8, 4) is 0 Å². The van der Waals surface area contributed by atoms with Crippen molar-refractivity contribution in [2.75, 3.05) is 0 Å². The van der Waals surface area contributed by atoms with Gasteiger partial charge in [0.1, 0.15) is 11.6 Å². The number of nitrogens with one attached hydrogen (secondary N) is 1. The minimum absolute atomic E-state index is 0.000862. The molecular weight excluding hydrogens is 246 g/mol. The molecule has 0 fully saturated rings. The van der Waals surface area contributed by atoms with Gasteiger partial charge in [-0.2, -0.15) is 0 Å². The summed E-state index contributed by atoms with van der Waals surface area (Å²) in [4.78, 5) is 0. The normalized spacial score (nSPS) is 12.4. The third-order valence-corrected chi connectivity index (χ3v) is 3.11. The van der Waals surface area contributed by atoms with Gasteiger partial charge in [0.15, 0.2) is 0 Å². The van der Waals surface area contributed by atoms with E-state index < -0.39 is 17.7 Å². The van der Waals surface area contributed by atoms with Crippen molar-refractivity contribution in [2.45, 2.75) is 18.9 Å². The lowest BCUT2D eigenvalue weighted by atomic mass is 9.98. The second kappa shape index (κ2) is 6.41. The molecule has 1 atom stereocenters. The lowest BCUT2D eigenvalue weighted by Gasteiger charge is -2.17. The zero-order chi connectivity index (χ0) is 13.7. The fourth-order valence-electron chi connectivity index (χ4n) is 2.11. The summed E-state index contributed by atoms with van der Waals surface area (Å²) in [6, 6.07) is 13.0. The maximum atomic E-state index is 13.7. The van der Waals surface area contributed by atoms with E-state index in [9.17, 15) is 8.78 Å². The number of nitrogens with two attached hydrogens (primary N) is 1. The van der Waals surface area contributed by atoms with Crippen molar-refractivity contribution < 1.29 is 8.78 Å². The van der Waals surface area contributed by atoms with Gasteiger partial charge in [-0.1, -0.05) is 36.4 Å². The van der Waals surface area contributed by atoms with E-state index in [0.717, 1.165) is 5.56 Å². The second-order valence-corrected chi connectivity index (χ2v) is 4.38. The summed E-state index contributed by atoms with van der Waals surface area (Å²) in [6.07, 6.45) is 1.22. The predicted octanol–water partition coefficient (Wildman–Crippen LogP) is 3.10. The molecule has 0 heterocycles. The molecule has 0 aliphatic rings. The van der Waals surface area contributed by atoms with E-state index in [-0.39, 0.29) is 5.56 Å². The minimum atomic E-state index is -0.573. The van der Waals surface area contributed by atoms with E-state index in [4.69, 9.17) is 5.84 Å². The van der Waals surface area contributed by atoms with Crippen molar-refractivity contribution in [3.05, 3.63) is 71.3 Å². The Kier molecular flexibility index (Phi) is 4.60. The van der Waals surface area contributed by atoms with Crippen molar-refractivity contribution in [3.63, 3.8) is 0 Å². The van der Waals surface area contributed by atoms with E-state index in [0.29, 0.717) is 12.8 Å². The number of hydrogen-bond donors (Lipinski definition) is 2. The molecule has 0 saturated heterocycles. The first-order valence-electron chi connectivity index (χ1n) is 6.16. The fourth-order valence-corrected chi connectivity index (χ4v) is 2.11. The monoisotopic (exact) mass is 262 g/mol. The van der Waals surface area contributed by atoms with Gasteiger partial charge >= 0.3 is 0 Å². The van der Waals surface area contributed by atoms with Gasteiger partial charge in [0, 0.05) is 5.56 Å². The maximum absolute atomic E-state index is 13.7. The Morgan fingerprint density at radius 3 is 2.16 bits per heavy atom. The Morgan fingerprint density at radius 2 is 1.58 bits per heavy atom. The standard InChI is InChI=1S/C15H16F2N2/c16-12-7-4-8-13(17)15(12)14(19-18)10-9-11-5-2-1-3-6-11/h1-8,14,19H,9-10,18H2. The minimum Gasteiger partial charge on any atom is -0.271 e. The molecule has 0 aromatic heterocycles. The Morgan fingerprint density at radius 1 is 0.947 bits per heavy atom. The highest BCUT2D eigenvalue weighted by Crippen LogP contribution is 2.24. The maximum Gasteiger partial charge on any atom is 0.130 e. The van der Waals surface area contributed by atoms with Gasteiger partial charge in [0.2, 0.25) is 0 Å². The molecule has 0 bridgehead atoms. The first-order chi connectivity index (χ1) is 9.22. The average molecular weight is 262 g/mol. The van der Waals surface area contributed by atoms with Crippen LogP contribution in [0.15, 0.2) is 48.5 Å². The van der Waals surface area contributed by atoms with E-state index in [1.165, 1.54) is 18.2 Å². The highest BCUT2D eigenvalue weighted by atomic mass is 19.1. The van der Waals surface area contributed by atoms with Crippen LogP contribution in [-0.2, 0) is 6.42 Å². The number of rotatable bonds is 5. The van der Waals surface area contributed by atoms with Crippen molar-refractivity contribution in [2.24, 2.45) is 5.84 Å². The van der Waals surface area contributed by atoms with Gasteiger partial charge in [-0.05, 0) is 30.5 Å². The number of halogens is 2. The SMILES string of the molecule is NNC(CCc1ccccc1)c1c(F)cccc1F. The quantitative estimate of drug-likeness (QED) is 0.642. The Balaban J connectivity index is 2.12. The molecule has 0 spiro atoms. The van der Waals surface area contributed by atoms with E-state index in [2.05, 4.69) is 5.43 Å². The van der Waals surface area contributed by atoms with Crippen molar-refractivity contribution in [1.29, 1.82) is 0 Å². The Bertz CT molecular complexity index is 509. The van der Waals surface area contributed by atoms with Gasteiger partial charge in [-0.3, -0.25) is 11.3 Å². The molecule has 3 N–H and O–H groups in total. The third-order valence-electron chi connectivity index (χ3n) is 3.11. The van der Waals surface area contributed by atoms with Crippen LogP contribution in [0.4, 0.5) is 8.78 Å². The van der Waals surface area contributed by atoms with Crippen LogP contribution in [0.3, 0.4) is 0 Å². The molecular formula is C15H16F2N2. The highest BCUT2D eigenvalue weighted by Gasteiger charge is 2.18. The molecule has 19 heavy (non-hydrogen) atoms. The molecule has 0 saturated carbocycles. The van der Waals surface area contributed by atoms with Crippen LogP contribution < -0.4 is 11.3 Å². The number of aryl methyl sites for hydroxylation is 1. The summed E-state index contributed by atoms with van der Waals surface area (Å²) in [5.41, 5.74) is 3.60.